The minimum atomic E-state index is -0.202. The molecule has 12 heavy (non-hydrogen) atoms. The Morgan fingerprint density at radius 3 is 2.83 bits per heavy atom. The maximum atomic E-state index is 10.8. The number of hydrogen-bond acceptors (Lipinski definition) is 4. The molecule has 0 unspecified atom stereocenters. The Morgan fingerprint density at radius 1 is 1.50 bits per heavy atom. The van der Waals surface area contributed by atoms with E-state index in [-0.39, 0.29) is 12.6 Å². The molecule has 2 N–H and O–H groups in total. The van der Waals surface area contributed by atoms with E-state index in [0.29, 0.717) is 13.0 Å². The molecule has 0 fully saturated rings. The Hall–Kier alpha value is -0.870. The van der Waals surface area contributed by atoms with Crippen LogP contribution in [0.15, 0.2) is 12.7 Å². The smallest absolute Gasteiger partial charge is 0.306 e. The number of hydrogen-bond donors (Lipinski definition) is 1. The number of rotatable bonds is 7. The van der Waals surface area contributed by atoms with Crippen LogP contribution in [0.25, 0.3) is 0 Å². The molecule has 0 aromatic heterocycles. The van der Waals surface area contributed by atoms with Gasteiger partial charge < -0.3 is 9.57 Å². The standard InChI is InChI=1S/C8H15NO3/c1-2-6-11-8(10)5-3-4-7-12-9/h2H,1,3-7,9H2. The second-order valence-corrected chi connectivity index (χ2v) is 2.30. The van der Waals surface area contributed by atoms with E-state index in [9.17, 15) is 4.79 Å². The fraction of sp³-hybridized carbons (Fsp3) is 0.625. The van der Waals surface area contributed by atoms with Crippen LogP contribution < -0.4 is 5.90 Å². The first-order valence-electron chi connectivity index (χ1n) is 3.89. The molecule has 0 rings (SSSR count). The van der Waals surface area contributed by atoms with Crippen molar-refractivity contribution in [1.29, 1.82) is 0 Å². The van der Waals surface area contributed by atoms with Crippen molar-refractivity contribution in [1.82, 2.24) is 0 Å². The summed E-state index contributed by atoms with van der Waals surface area (Å²) in [5.41, 5.74) is 0. The van der Waals surface area contributed by atoms with Gasteiger partial charge in [-0.15, -0.1) is 0 Å². The molecule has 0 amide bonds. The summed E-state index contributed by atoms with van der Waals surface area (Å²) in [5.74, 6) is 4.59. The average Bonchev–Trinajstić information content (AvgIpc) is 2.09. The van der Waals surface area contributed by atoms with E-state index in [1.165, 1.54) is 0 Å². The topological polar surface area (TPSA) is 61.5 Å². The maximum Gasteiger partial charge on any atom is 0.306 e. The molecule has 0 atom stereocenters. The van der Waals surface area contributed by atoms with Gasteiger partial charge in [-0.1, -0.05) is 12.7 Å². The highest BCUT2D eigenvalue weighted by molar-refractivity contribution is 5.69. The molecule has 0 heterocycles. The van der Waals surface area contributed by atoms with Gasteiger partial charge in [-0.3, -0.25) is 4.79 Å². The molecule has 70 valence electrons. The lowest BCUT2D eigenvalue weighted by molar-refractivity contribution is -0.142. The summed E-state index contributed by atoms with van der Waals surface area (Å²) < 4.78 is 4.74. The Balaban J connectivity index is 3.13. The fourth-order valence-electron chi connectivity index (χ4n) is 0.679. The number of ether oxygens (including phenoxy) is 1. The van der Waals surface area contributed by atoms with Crippen molar-refractivity contribution in [3.8, 4) is 0 Å². The normalized spacial score (nSPS) is 9.42. The predicted molar refractivity (Wildman–Crippen MR) is 45.1 cm³/mol. The van der Waals surface area contributed by atoms with Crippen molar-refractivity contribution in [3.05, 3.63) is 12.7 Å². The van der Waals surface area contributed by atoms with E-state index in [0.717, 1.165) is 12.8 Å². The summed E-state index contributed by atoms with van der Waals surface area (Å²) >= 11 is 0. The van der Waals surface area contributed by atoms with Crippen molar-refractivity contribution in [2.75, 3.05) is 13.2 Å². The minimum Gasteiger partial charge on any atom is -0.461 e. The lowest BCUT2D eigenvalue weighted by Crippen LogP contribution is -2.06. The number of carbonyl (C=O) groups excluding carboxylic acids is 1. The second-order valence-electron chi connectivity index (χ2n) is 2.30. The molecule has 0 aromatic carbocycles. The Morgan fingerprint density at radius 2 is 2.25 bits per heavy atom. The molecule has 0 spiro atoms. The van der Waals surface area contributed by atoms with Gasteiger partial charge in [0.2, 0.25) is 0 Å². The third-order valence-electron chi connectivity index (χ3n) is 1.26. The molecule has 0 saturated heterocycles. The van der Waals surface area contributed by atoms with Crippen LogP contribution in [0.3, 0.4) is 0 Å². The molecule has 4 heteroatoms. The van der Waals surface area contributed by atoms with Crippen molar-refractivity contribution < 1.29 is 14.4 Å². The van der Waals surface area contributed by atoms with Crippen molar-refractivity contribution >= 4 is 5.97 Å². The predicted octanol–water partition coefficient (Wildman–Crippen LogP) is 0.776. The molecule has 0 aromatic rings. The first-order valence-corrected chi connectivity index (χ1v) is 3.89. The van der Waals surface area contributed by atoms with Crippen LogP contribution in [0.2, 0.25) is 0 Å². The Labute approximate surface area is 72.3 Å². The van der Waals surface area contributed by atoms with Crippen LogP contribution in [0, 0.1) is 0 Å². The van der Waals surface area contributed by atoms with Crippen molar-refractivity contribution in [2.45, 2.75) is 19.3 Å². The second kappa shape index (κ2) is 8.23. The van der Waals surface area contributed by atoms with E-state index >= 15 is 0 Å². The maximum absolute atomic E-state index is 10.8. The van der Waals surface area contributed by atoms with Gasteiger partial charge in [-0.2, -0.15) is 0 Å². The summed E-state index contributed by atoms with van der Waals surface area (Å²) in [4.78, 5) is 15.2. The van der Waals surface area contributed by atoms with Gasteiger partial charge >= 0.3 is 5.97 Å². The molecule has 0 aliphatic carbocycles. The monoisotopic (exact) mass is 173 g/mol. The lowest BCUT2D eigenvalue weighted by atomic mass is 10.2. The van der Waals surface area contributed by atoms with E-state index in [4.69, 9.17) is 10.6 Å². The largest absolute Gasteiger partial charge is 0.461 e. The summed E-state index contributed by atoms with van der Waals surface area (Å²) in [6, 6.07) is 0. The van der Waals surface area contributed by atoms with E-state index in [2.05, 4.69) is 11.4 Å². The zero-order chi connectivity index (χ0) is 9.23. The van der Waals surface area contributed by atoms with Crippen LogP contribution in [0.4, 0.5) is 0 Å². The van der Waals surface area contributed by atoms with Gasteiger partial charge in [0.25, 0.3) is 0 Å². The number of carbonyl (C=O) groups is 1. The zero-order valence-corrected chi connectivity index (χ0v) is 7.12. The number of esters is 1. The Kier molecular flexibility index (Phi) is 7.63. The van der Waals surface area contributed by atoms with E-state index in [1.807, 2.05) is 0 Å². The summed E-state index contributed by atoms with van der Waals surface area (Å²) in [6.45, 7) is 4.19. The molecule has 0 bridgehead atoms. The third-order valence-corrected chi connectivity index (χ3v) is 1.26. The van der Waals surface area contributed by atoms with Crippen molar-refractivity contribution in [3.63, 3.8) is 0 Å². The lowest BCUT2D eigenvalue weighted by Gasteiger charge is -2.00. The molecular weight excluding hydrogens is 158 g/mol. The van der Waals surface area contributed by atoms with Gasteiger partial charge in [-0.25, -0.2) is 5.90 Å². The molecular formula is C8H15NO3. The van der Waals surface area contributed by atoms with Crippen LogP contribution >= 0.6 is 0 Å². The number of nitrogens with two attached hydrogens (primary N) is 1. The molecule has 0 aliphatic heterocycles. The van der Waals surface area contributed by atoms with Crippen LogP contribution in [-0.4, -0.2) is 19.2 Å². The van der Waals surface area contributed by atoms with Gasteiger partial charge in [0.1, 0.15) is 6.61 Å². The zero-order valence-electron chi connectivity index (χ0n) is 7.12. The molecule has 4 nitrogen and oxygen atoms in total. The molecule has 0 radical (unpaired) electrons. The highest BCUT2D eigenvalue weighted by Gasteiger charge is 2.00. The van der Waals surface area contributed by atoms with E-state index in [1.54, 1.807) is 6.08 Å². The minimum absolute atomic E-state index is 0.202. The Bertz CT molecular complexity index is 136. The summed E-state index contributed by atoms with van der Waals surface area (Å²) in [6.07, 6.45) is 3.48. The SMILES string of the molecule is C=CCOC(=O)CCCCON. The average molecular weight is 173 g/mol. The van der Waals surface area contributed by atoms with E-state index < -0.39 is 0 Å². The van der Waals surface area contributed by atoms with Crippen molar-refractivity contribution in [2.24, 2.45) is 5.90 Å². The quantitative estimate of drug-likeness (QED) is 0.267. The number of unbranched alkanes of at least 4 members (excludes halogenated alkanes) is 1. The van der Waals surface area contributed by atoms with Crippen LogP contribution in [0.1, 0.15) is 19.3 Å². The highest BCUT2D eigenvalue weighted by atomic mass is 16.6. The van der Waals surface area contributed by atoms with Crippen LogP contribution in [0.5, 0.6) is 0 Å². The summed E-state index contributed by atoms with van der Waals surface area (Å²) in [7, 11) is 0. The first kappa shape index (κ1) is 11.1. The first-order chi connectivity index (χ1) is 5.81. The van der Waals surface area contributed by atoms with Gasteiger partial charge in [-0.05, 0) is 12.8 Å². The van der Waals surface area contributed by atoms with Gasteiger partial charge in [0.05, 0.1) is 6.61 Å². The molecule has 0 saturated carbocycles. The highest BCUT2D eigenvalue weighted by Crippen LogP contribution is 1.97. The fourth-order valence-corrected chi connectivity index (χ4v) is 0.679. The molecule has 0 aliphatic rings. The third kappa shape index (κ3) is 7.24. The van der Waals surface area contributed by atoms with Crippen LogP contribution in [-0.2, 0) is 14.4 Å². The van der Waals surface area contributed by atoms with Gasteiger partial charge in [0, 0.05) is 6.42 Å². The summed E-state index contributed by atoms with van der Waals surface area (Å²) in [5, 5.41) is 0. The van der Waals surface area contributed by atoms with Gasteiger partial charge in [0.15, 0.2) is 0 Å².